The molecule has 2 aromatic carbocycles. The third kappa shape index (κ3) is 6.54. The Labute approximate surface area is 183 Å². The number of hydrogen-bond donors (Lipinski definition) is 1. The number of amides is 2. The van der Waals surface area contributed by atoms with E-state index in [-0.39, 0.29) is 30.3 Å². The van der Waals surface area contributed by atoms with E-state index < -0.39 is 6.04 Å². The van der Waals surface area contributed by atoms with E-state index in [4.69, 9.17) is 4.74 Å². The van der Waals surface area contributed by atoms with E-state index >= 15 is 0 Å². The SMILES string of the molecule is CC[C@@H](C(=O)NC1CCCC1)N(Cc1cccc(C)c1)C(=O)COc1ccc(F)cc1. The maximum absolute atomic E-state index is 13.2. The topological polar surface area (TPSA) is 58.6 Å². The van der Waals surface area contributed by atoms with Gasteiger partial charge in [-0.25, -0.2) is 4.39 Å². The molecule has 0 aliphatic heterocycles. The Kier molecular flexibility index (Phi) is 8.04. The molecule has 0 unspecified atom stereocenters. The summed E-state index contributed by atoms with van der Waals surface area (Å²) < 4.78 is 18.7. The van der Waals surface area contributed by atoms with Crippen LogP contribution in [0.25, 0.3) is 0 Å². The summed E-state index contributed by atoms with van der Waals surface area (Å²) in [5.41, 5.74) is 2.05. The van der Waals surface area contributed by atoms with Gasteiger partial charge < -0.3 is 15.0 Å². The Morgan fingerprint density at radius 1 is 1.16 bits per heavy atom. The number of nitrogens with zero attached hydrogens (tertiary/aromatic N) is 1. The highest BCUT2D eigenvalue weighted by molar-refractivity contribution is 5.88. The first-order chi connectivity index (χ1) is 15.0. The van der Waals surface area contributed by atoms with Gasteiger partial charge in [0.25, 0.3) is 5.91 Å². The molecular formula is C25H31FN2O3. The molecule has 0 bridgehead atoms. The molecule has 1 saturated carbocycles. The highest BCUT2D eigenvalue weighted by Crippen LogP contribution is 2.20. The van der Waals surface area contributed by atoms with Crippen LogP contribution in [0.2, 0.25) is 0 Å². The smallest absolute Gasteiger partial charge is 0.261 e. The molecule has 0 heterocycles. The fraction of sp³-hybridized carbons (Fsp3) is 0.440. The van der Waals surface area contributed by atoms with Gasteiger partial charge in [-0.15, -0.1) is 0 Å². The van der Waals surface area contributed by atoms with Gasteiger partial charge in [-0.1, -0.05) is 49.6 Å². The van der Waals surface area contributed by atoms with Crippen molar-refractivity contribution in [3.05, 3.63) is 65.5 Å². The molecule has 3 rings (SSSR count). The Morgan fingerprint density at radius 3 is 2.52 bits per heavy atom. The van der Waals surface area contributed by atoms with Crippen LogP contribution < -0.4 is 10.1 Å². The van der Waals surface area contributed by atoms with Crippen molar-refractivity contribution in [2.45, 2.75) is 64.6 Å². The lowest BCUT2D eigenvalue weighted by molar-refractivity contribution is -0.143. The van der Waals surface area contributed by atoms with Gasteiger partial charge in [0.05, 0.1) is 0 Å². The molecule has 1 aliphatic rings. The lowest BCUT2D eigenvalue weighted by Crippen LogP contribution is -2.52. The second-order valence-electron chi connectivity index (χ2n) is 8.17. The van der Waals surface area contributed by atoms with Gasteiger partial charge in [0.1, 0.15) is 17.6 Å². The molecule has 0 spiro atoms. The predicted molar refractivity (Wildman–Crippen MR) is 118 cm³/mol. The van der Waals surface area contributed by atoms with Crippen LogP contribution in [0.1, 0.15) is 50.2 Å². The summed E-state index contributed by atoms with van der Waals surface area (Å²) in [6, 6.07) is 13.1. The Hall–Kier alpha value is -2.89. The number of ether oxygens (including phenoxy) is 1. The van der Waals surface area contributed by atoms with Crippen molar-refractivity contribution < 1.29 is 18.7 Å². The fourth-order valence-corrected chi connectivity index (χ4v) is 4.05. The molecule has 31 heavy (non-hydrogen) atoms. The molecule has 166 valence electrons. The van der Waals surface area contributed by atoms with Crippen LogP contribution in [0.4, 0.5) is 4.39 Å². The van der Waals surface area contributed by atoms with Crippen LogP contribution in [0.15, 0.2) is 48.5 Å². The van der Waals surface area contributed by atoms with Crippen LogP contribution in [0.3, 0.4) is 0 Å². The Balaban J connectivity index is 1.75. The summed E-state index contributed by atoms with van der Waals surface area (Å²) in [5.74, 6) is -0.348. The predicted octanol–water partition coefficient (Wildman–Crippen LogP) is 4.38. The van der Waals surface area contributed by atoms with E-state index in [0.717, 1.165) is 36.8 Å². The molecule has 2 amide bonds. The van der Waals surface area contributed by atoms with E-state index in [2.05, 4.69) is 5.32 Å². The van der Waals surface area contributed by atoms with Gasteiger partial charge in [-0.3, -0.25) is 9.59 Å². The third-order valence-corrected chi connectivity index (χ3v) is 5.70. The number of nitrogens with one attached hydrogen (secondary N) is 1. The van der Waals surface area contributed by atoms with Crippen molar-refractivity contribution in [2.24, 2.45) is 0 Å². The molecule has 0 aromatic heterocycles. The summed E-state index contributed by atoms with van der Waals surface area (Å²) in [5, 5.41) is 3.13. The number of carbonyl (C=O) groups excluding carboxylic acids is 2. The van der Waals surface area contributed by atoms with Gasteiger partial charge in [0.15, 0.2) is 6.61 Å². The monoisotopic (exact) mass is 426 g/mol. The van der Waals surface area contributed by atoms with E-state index in [0.29, 0.717) is 18.7 Å². The van der Waals surface area contributed by atoms with Gasteiger partial charge in [0.2, 0.25) is 5.91 Å². The molecule has 5 nitrogen and oxygen atoms in total. The molecule has 1 N–H and O–H groups in total. The highest BCUT2D eigenvalue weighted by atomic mass is 19.1. The van der Waals surface area contributed by atoms with Crippen LogP contribution in [0.5, 0.6) is 5.75 Å². The summed E-state index contributed by atoms with van der Waals surface area (Å²) >= 11 is 0. The van der Waals surface area contributed by atoms with E-state index in [1.807, 2.05) is 38.1 Å². The number of rotatable bonds is 9. The molecule has 1 fully saturated rings. The first-order valence-corrected chi connectivity index (χ1v) is 11.0. The van der Waals surface area contributed by atoms with Gasteiger partial charge in [0, 0.05) is 12.6 Å². The Bertz CT molecular complexity index is 879. The minimum Gasteiger partial charge on any atom is -0.484 e. The average Bonchev–Trinajstić information content (AvgIpc) is 3.26. The maximum atomic E-state index is 13.2. The molecular weight excluding hydrogens is 395 g/mol. The minimum absolute atomic E-state index is 0.114. The normalized spacial score (nSPS) is 14.8. The molecule has 0 radical (unpaired) electrons. The van der Waals surface area contributed by atoms with E-state index in [1.165, 1.54) is 24.3 Å². The quantitative estimate of drug-likeness (QED) is 0.647. The third-order valence-electron chi connectivity index (χ3n) is 5.70. The first-order valence-electron chi connectivity index (χ1n) is 11.0. The van der Waals surface area contributed by atoms with E-state index in [1.54, 1.807) is 4.90 Å². The molecule has 0 saturated heterocycles. The molecule has 6 heteroatoms. The average molecular weight is 427 g/mol. The number of aryl methyl sites for hydroxylation is 1. The van der Waals surface area contributed by atoms with Crippen molar-refractivity contribution in [3.8, 4) is 5.75 Å². The van der Waals surface area contributed by atoms with Crippen LogP contribution in [-0.4, -0.2) is 35.4 Å². The lowest BCUT2D eigenvalue weighted by Gasteiger charge is -2.31. The van der Waals surface area contributed by atoms with Crippen LogP contribution >= 0.6 is 0 Å². The van der Waals surface area contributed by atoms with Crippen molar-refractivity contribution in [1.29, 1.82) is 0 Å². The van der Waals surface area contributed by atoms with E-state index in [9.17, 15) is 14.0 Å². The largest absolute Gasteiger partial charge is 0.484 e. The number of carbonyl (C=O) groups is 2. The van der Waals surface area contributed by atoms with Crippen molar-refractivity contribution in [1.82, 2.24) is 10.2 Å². The van der Waals surface area contributed by atoms with Crippen molar-refractivity contribution >= 4 is 11.8 Å². The summed E-state index contributed by atoms with van der Waals surface area (Å²) in [7, 11) is 0. The summed E-state index contributed by atoms with van der Waals surface area (Å²) in [4.78, 5) is 27.8. The van der Waals surface area contributed by atoms with Crippen molar-refractivity contribution in [2.75, 3.05) is 6.61 Å². The highest BCUT2D eigenvalue weighted by Gasteiger charge is 2.30. The summed E-state index contributed by atoms with van der Waals surface area (Å²) in [6.45, 7) is 4.02. The molecule has 2 aromatic rings. The summed E-state index contributed by atoms with van der Waals surface area (Å²) in [6.07, 6.45) is 4.73. The lowest BCUT2D eigenvalue weighted by atomic mass is 10.1. The standard InChI is InChI=1S/C25H31FN2O3/c1-3-23(25(30)27-21-9-4-5-10-21)28(16-19-8-6-7-18(2)15-19)24(29)17-31-22-13-11-20(26)12-14-22/h6-8,11-15,21,23H,3-5,9-10,16-17H2,1-2H3,(H,27,30)/t23-/m0/s1. The maximum Gasteiger partial charge on any atom is 0.261 e. The molecule has 1 aliphatic carbocycles. The second-order valence-corrected chi connectivity index (χ2v) is 8.17. The number of halogens is 1. The van der Waals surface area contributed by atoms with Gasteiger partial charge in [-0.2, -0.15) is 0 Å². The number of benzene rings is 2. The fourth-order valence-electron chi connectivity index (χ4n) is 4.05. The Morgan fingerprint density at radius 2 is 1.87 bits per heavy atom. The van der Waals surface area contributed by atoms with Gasteiger partial charge >= 0.3 is 0 Å². The number of hydrogen-bond acceptors (Lipinski definition) is 3. The zero-order chi connectivity index (χ0) is 22.2. The first kappa shape index (κ1) is 22.8. The van der Waals surface area contributed by atoms with Crippen LogP contribution in [-0.2, 0) is 16.1 Å². The minimum atomic E-state index is -0.578. The zero-order valence-corrected chi connectivity index (χ0v) is 18.3. The van der Waals surface area contributed by atoms with Gasteiger partial charge in [-0.05, 0) is 56.0 Å². The van der Waals surface area contributed by atoms with Crippen molar-refractivity contribution in [3.63, 3.8) is 0 Å². The second kappa shape index (κ2) is 10.9. The zero-order valence-electron chi connectivity index (χ0n) is 18.3. The molecule has 1 atom stereocenters. The van der Waals surface area contributed by atoms with Crippen LogP contribution in [0, 0.1) is 12.7 Å².